The first-order chi connectivity index (χ1) is 14.9. The van der Waals surface area contributed by atoms with Crippen molar-refractivity contribution in [1.82, 2.24) is 10.6 Å². The fraction of sp³-hybridized carbons (Fsp3) is 0.348. The van der Waals surface area contributed by atoms with Crippen LogP contribution in [0.5, 0.6) is 0 Å². The third kappa shape index (κ3) is 4.11. The highest BCUT2D eigenvalue weighted by Gasteiger charge is 2.52. The van der Waals surface area contributed by atoms with Crippen molar-refractivity contribution in [2.45, 2.75) is 30.4 Å². The summed E-state index contributed by atoms with van der Waals surface area (Å²) in [5.41, 5.74) is 3.27. The van der Waals surface area contributed by atoms with Crippen LogP contribution in [0.25, 0.3) is 11.1 Å². The summed E-state index contributed by atoms with van der Waals surface area (Å²) in [6.07, 6.45) is -0.928. The number of rotatable bonds is 8. The number of aliphatic carboxylic acids is 1. The molecule has 8 heteroatoms. The second-order valence-electron chi connectivity index (χ2n) is 7.81. The number of carboxylic acids is 1. The number of carbonyl (C=O) groups excluding carboxylic acids is 2. The number of carboxylic acid groups (broad SMARTS) is 1. The van der Waals surface area contributed by atoms with E-state index in [4.69, 9.17) is 9.47 Å². The van der Waals surface area contributed by atoms with Crippen molar-refractivity contribution >= 4 is 18.0 Å². The topological polar surface area (TPSA) is 114 Å². The lowest BCUT2D eigenvalue weighted by molar-refractivity contribution is -0.145. The van der Waals surface area contributed by atoms with E-state index in [-0.39, 0.29) is 19.1 Å². The van der Waals surface area contributed by atoms with Crippen LogP contribution in [-0.2, 0) is 19.1 Å². The number of nitrogens with one attached hydrogen (secondary N) is 2. The Hall–Kier alpha value is -3.39. The minimum Gasteiger partial charge on any atom is -0.480 e. The lowest BCUT2D eigenvalue weighted by Gasteiger charge is -2.19. The van der Waals surface area contributed by atoms with Crippen LogP contribution in [0.1, 0.15) is 29.9 Å². The number of amides is 2. The molecule has 0 aromatic heterocycles. The van der Waals surface area contributed by atoms with Crippen LogP contribution in [0, 0.1) is 0 Å². The molecule has 2 amide bonds. The maximum atomic E-state index is 12.3. The smallest absolute Gasteiger partial charge is 0.407 e. The highest BCUT2D eigenvalue weighted by molar-refractivity contribution is 5.91. The molecule has 8 nitrogen and oxygen atoms in total. The molecule has 0 bridgehead atoms. The van der Waals surface area contributed by atoms with Crippen LogP contribution in [0.2, 0.25) is 0 Å². The highest BCUT2D eigenvalue weighted by atomic mass is 16.5. The van der Waals surface area contributed by atoms with E-state index in [1.165, 1.54) is 7.11 Å². The lowest BCUT2D eigenvalue weighted by atomic mass is 9.98. The molecule has 1 fully saturated rings. The molecule has 0 saturated heterocycles. The standard InChI is InChI=1S/C23H24N2O6/c1-30-19(20(26)25-23(10-11-23)21(27)28)12-24-22(29)31-13-18-16-8-4-2-6-14(16)15-7-3-5-9-17(15)18/h2-9,18-19H,10-13H2,1H3,(H,24,29)(H,25,26)(H,27,28). The van der Waals surface area contributed by atoms with E-state index in [1.807, 2.05) is 36.4 Å². The lowest BCUT2D eigenvalue weighted by Crippen LogP contribution is -2.51. The molecule has 0 heterocycles. The van der Waals surface area contributed by atoms with Crippen LogP contribution in [0.4, 0.5) is 4.79 Å². The average molecular weight is 424 g/mol. The van der Waals surface area contributed by atoms with Crippen LogP contribution >= 0.6 is 0 Å². The maximum Gasteiger partial charge on any atom is 0.407 e. The largest absolute Gasteiger partial charge is 0.480 e. The van der Waals surface area contributed by atoms with Gasteiger partial charge in [-0.3, -0.25) is 4.79 Å². The van der Waals surface area contributed by atoms with E-state index >= 15 is 0 Å². The van der Waals surface area contributed by atoms with Gasteiger partial charge in [0.2, 0.25) is 0 Å². The van der Waals surface area contributed by atoms with Crippen molar-refractivity contribution in [3.63, 3.8) is 0 Å². The van der Waals surface area contributed by atoms with Gasteiger partial charge in [0.15, 0.2) is 6.10 Å². The van der Waals surface area contributed by atoms with E-state index in [0.29, 0.717) is 12.8 Å². The minimum atomic E-state index is -1.21. The van der Waals surface area contributed by atoms with Crippen molar-refractivity contribution < 1.29 is 29.0 Å². The molecule has 0 aliphatic heterocycles. The summed E-state index contributed by atoms with van der Waals surface area (Å²) in [7, 11) is 1.32. The molecular weight excluding hydrogens is 400 g/mol. The second-order valence-corrected chi connectivity index (χ2v) is 7.81. The molecule has 4 rings (SSSR count). The van der Waals surface area contributed by atoms with E-state index < -0.39 is 29.6 Å². The van der Waals surface area contributed by atoms with E-state index in [1.54, 1.807) is 0 Å². The molecular formula is C23H24N2O6. The maximum absolute atomic E-state index is 12.3. The highest BCUT2D eigenvalue weighted by Crippen LogP contribution is 2.44. The summed E-state index contributed by atoms with van der Waals surface area (Å²) in [5, 5.41) is 14.2. The molecule has 3 N–H and O–H groups in total. The first-order valence-corrected chi connectivity index (χ1v) is 10.1. The van der Waals surface area contributed by atoms with Gasteiger partial charge in [-0.25, -0.2) is 9.59 Å². The van der Waals surface area contributed by atoms with Crippen LogP contribution in [-0.4, -0.2) is 55.0 Å². The van der Waals surface area contributed by atoms with Crippen molar-refractivity contribution in [3.05, 3.63) is 59.7 Å². The molecule has 0 radical (unpaired) electrons. The normalized spacial score (nSPS) is 16.5. The van der Waals surface area contributed by atoms with Gasteiger partial charge in [-0.2, -0.15) is 0 Å². The van der Waals surface area contributed by atoms with Gasteiger partial charge in [0.1, 0.15) is 12.1 Å². The molecule has 31 heavy (non-hydrogen) atoms. The summed E-state index contributed by atoms with van der Waals surface area (Å²) in [4.78, 5) is 35.8. The van der Waals surface area contributed by atoms with Gasteiger partial charge in [0.05, 0.1) is 6.54 Å². The zero-order valence-electron chi connectivity index (χ0n) is 17.1. The number of alkyl carbamates (subject to hydrolysis) is 1. The Morgan fingerprint density at radius 2 is 1.65 bits per heavy atom. The molecule has 1 unspecified atom stereocenters. The second kappa shape index (κ2) is 8.39. The SMILES string of the molecule is COC(CNC(=O)OCC1c2ccccc2-c2ccccc21)C(=O)NC1(C(=O)O)CC1. The zero-order chi connectivity index (χ0) is 22.0. The Bertz CT molecular complexity index is 971. The summed E-state index contributed by atoms with van der Waals surface area (Å²) in [5.74, 6) is -1.72. The van der Waals surface area contributed by atoms with E-state index in [0.717, 1.165) is 22.3 Å². The Morgan fingerprint density at radius 1 is 1.06 bits per heavy atom. The molecule has 2 aromatic carbocycles. The van der Waals surface area contributed by atoms with Crippen molar-refractivity contribution in [2.75, 3.05) is 20.3 Å². The van der Waals surface area contributed by atoms with Gasteiger partial charge >= 0.3 is 12.1 Å². The van der Waals surface area contributed by atoms with Gasteiger partial charge in [-0.15, -0.1) is 0 Å². The van der Waals surface area contributed by atoms with Gasteiger partial charge in [0, 0.05) is 13.0 Å². The fourth-order valence-corrected chi connectivity index (χ4v) is 3.94. The van der Waals surface area contributed by atoms with Gasteiger partial charge < -0.3 is 25.2 Å². The quantitative estimate of drug-likeness (QED) is 0.599. The summed E-state index contributed by atoms with van der Waals surface area (Å²) in [6, 6.07) is 16.1. The van der Waals surface area contributed by atoms with Gasteiger partial charge in [0.25, 0.3) is 5.91 Å². The summed E-state index contributed by atoms with van der Waals surface area (Å²) >= 11 is 0. The average Bonchev–Trinajstić information content (AvgIpc) is 3.49. The number of carbonyl (C=O) groups is 3. The first-order valence-electron chi connectivity index (χ1n) is 10.1. The predicted octanol–water partition coefficient (Wildman–Crippen LogP) is 2.27. The number of hydrogen-bond acceptors (Lipinski definition) is 5. The molecule has 0 spiro atoms. The Balaban J connectivity index is 1.32. The number of hydrogen-bond donors (Lipinski definition) is 3. The van der Waals surface area contributed by atoms with Crippen LogP contribution in [0.3, 0.4) is 0 Å². The number of ether oxygens (including phenoxy) is 2. The molecule has 162 valence electrons. The van der Waals surface area contributed by atoms with E-state index in [2.05, 4.69) is 22.8 Å². The Morgan fingerprint density at radius 3 is 2.16 bits per heavy atom. The third-order valence-corrected chi connectivity index (χ3v) is 5.87. The van der Waals surface area contributed by atoms with Gasteiger partial charge in [-0.05, 0) is 35.1 Å². The van der Waals surface area contributed by atoms with Gasteiger partial charge in [-0.1, -0.05) is 48.5 Å². The Labute approximate surface area is 179 Å². The molecule has 2 aromatic rings. The minimum absolute atomic E-state index is 0.0648. The number of methoxy groups -OCH3 is 1. The van der Waals surface area contributed by atoms with E-state index in [9.17, 15) is 19.5 Å². The van der Waals surface area contributed by atoms with Crippen LogP contribution < -0.4 is 10.6 Å². The molecule has 1 atom stereocenters. The number of benzene rings is 2. The third-order valence-electron chi connectivity index (χ3n) is 5.87. The number of fused-ring (bicyclic) bond motifs is 3. The first kappa shape index (κ1) is 20.9. The van der Waals surface area contributed by atoms with Crippen molar-refractivity contribution in [2.24, 2.45) is 0 Å². The Kier molecular flexibility index (Phi) is 5.65. The van der Waals surface area contributed by atoms with Crippen LogP contribution in [0.15, 0.2) is 48.5 Å². The summed E-state index contributed by atoms with van der Waals surface area (Å²) < 4.78 is 10.5. The van der Waals surface area contributed by atoms with Crippen molar-refractivity contribution in [1.29, 1.82) is 0 Å². The monoisotopic (exact) mass is 424 g/mol. The van der Waals surface area contributed by atoms with Crippen molar-refractivity contribution in [3.8, 4) is 11.1 Å². The fourth-order valence-electron chi connectivity index (χ4n) is 3.94. The molecule has 2 aliphatic carbocycles. The molecule has 2 aliphatic rings. The summed E-state index contributed by atoms with van der Waals surface area (Å²) in [6.45, 7) is 0.0283. The zero-order valence-corrected chi connectivity index (χ0v) is 17.1. The molecule has 1 saturated carbocycles. The predicted molar refractivity (Wildman–Crippen MR) is 112 cm³/mol.